The zero-order valence-corrected chi connectivity index (χ0v) is 15.9. The van der Waals surface area contributed by atoms with Crippen LogP contribution in [0.15, 0.2) is 23.5 Å². The third kappa shape index (κ3) is 2.83. The first-order valence-corrected chi connectivity index (χ1v) is 10.4. The van der Waals surface area contributed by atoms with E-state index in [4.69, 9.17) is 4.74 Å². The minimum absolute atomic E-state index is 0.228. The number of hydrogen-bond acceptors (Lipinski definition) is 6. The summed E-state index contributed by atoms with van der Waals surface area (Å²) in [6.07, 6.45) is 7.09. The molecular formula is C17H23N5O3S. The summed E-state index contributed by atoms with van der Waals surface area (Å²) in [4.78, 5) is 9.14. The number of rotatable bonds is 3. The maximum atomic E-state index is 13.1. The topological polar surface area (TPSA) is 90.2 Å². The first kappa shape index (κ1) is 17.6. The van der Waals surface area contributed by atoms with Gasteiger partial charge in [0.05, 0.1) is 18.5 Å². The van der Waals surface area contributed by atoms with E-state index in [9.17, 15) is 8.42 Å². The molecule has 0 aliphatic carbocycles. The van der Waals surface area contributed by atoms with Crippen LogP contribution < -0.4 is 0 Å². The molecule has 2 aliphatic heterocycles. The molecule has 9 heteroatoms. The molecule has 0 amide bonds. The van der Waals surface area contributed by atoms with Crippen molar-refractivity contribution in [1.82, 2.24) is 24.1 Å². The molecule has 2 aliphatic rings. The molecule has 1 spiro atoms. The van der Waals surface area contributed by atoms with E-state index < -0.39 is 15.6 Å². The van der Waals surface area contributed by atoms with Gasteiger partial charge in [0, 0.05) is 32.0 Å². The lowest BCUT2D eigenvalue weighted by Gasteiger charge is -2.44. The van der Waals surface area contributed by atoms with E-state index in [-0.39, 0.29) is 11.4 Å². The number of fused-ring (bicyclic) bond motifs is 2. The van der Waals surface area contributed by atoms with Crippen LogP contribution in [0.2, 0.25) is 0 Å². The Morgan fingerprint density at radius 3 is 2.96 bits per heavy atom. The first-order chi connectivity index (χ1) is 12.4. The van der Waals surface area contributed by atoms with Crippen LogP contribution in [0.3, 0.4) is 0 Å². The largest absolute Gasteiger partial charge is 0.367 e. The normalized spacial score (nSPS) is 23.9. The standard InChI is InChI=1S/C17H23N5O3S/c1-3-21-11-15(10-19-21)26(23,24)22-7-4-6-17(12-22)16-14(5-8-25-17)9-18-13(2)20-16/h9-11H,3-8,12H2,1-2H3. The van der Waals surface area contributed by atoms with Gasteiger partial charge in [-0.3, -0.25) is 4.68 Å². The monoisotopic (exact) mass is 377 g/mol. The van der Waals surface area contributed by atoms with E-state index in [1.165, 1.54) is 10.5 Å². The van der Waals surface area contributed by atoms with E-state index >= 15 is 0 Å². The molecule has 1 fully saturated rings. The quantitative estimate of drug-likeness (QED) is 0.800. The number of hydrogen-bond donors (Lipinski definition) is 0. The van der Waals surface area contributed by atoms with Gasteiger partial charge in [-0.1, -0.05) is 0 Å². The SMILES string of the molecule is CCn1cc(S(=O)(=O)N2CCCC3(C2)OCCc2cnc(C)nc23)cn1. The Bertz CT molecular complexity index is 926. The fourth-order valence-electron chi connectivity index (χ4n) is 3.80. The second-order valence-corrected chi connectivity index (χ2v) is 8.80. The Kier molecular flexibility index (Phi) is 4.32. The third-order valence-corrected chi connectivity index (χ3v) is 6.96. The van der Waals surface area contributed by atoms with E-state index in [2.05, 4.69) is 15.1 Å². The lowest BCUT2D eigenvalue weighted by atomic mass is 9.85. The van der Waals surface area contributed by atoms with Crippen molar-refractivity contribution in [2.24, 2.45) is 0 Å². The molecule has 0 N–H and O–H groups in total. The van der Waals surface area contributed by atoms with Gasteiger partial charge in [0.25, 0.3) is 0 Å². The number of sulfonamides is 1. The summed E-state index contributed by atoms with van der Waals surface area (Å²) in [5.41, 5.74) is 1.22. The highest BCUT2D eigenvalue weighted by Gasteiger charge is 2.46. The maximum absolute atomic E-state index is 13.1. The van der Waals surface area contributed by atoms with Crippen molar-refractivity contribution in [2.45, 2.75) is 50.2 Å². The molecule has 1 atom stereocenters. The Balaban J connectivity index is 1.70. The van der Waals surface area contributed by atoms with Crippen LogP contribution in [0.4, 0.5) is 0 Å². The van der Waals surface area contributed by atoms with Crippen LogP contribution in [0.25, 0.3) is 0 Å². The van der Waals surface area contributed by atoms with Gasteiger partial charge < -0.3 is 4.74 Å². The lowest BCUT2D eigenvalue weighted by Crippen LogP contribution is -2.52. The van der Waals surface area contributed by atoms with Crippen LogP contribution in [-0.4, -0.2) is 52.2 Å². The smallest absolute Gasteiger partial charge is 0.246 e. The molecule has 8 nitrogen and oxygen atoms in total. The number of ether oxygens (including phenoxy) is 1. The first-order valence-electron chi connectivity index (χ1n) is 8.94. The molecule has 0 saturated carbocycles. The Morgan fingerprint density at radius 1 is 1.35 bits per heavy atom. The number of piperidine rings is 1. The maximum Gasteiger partial charge on any atom is 0.246 e. The van der Waals surface area contributed by atoms with Gasteiger partial charge in [-0.15, -0.1) is 0 Å². The molecule has 140 valence electrons. The highest BCUT2D eigenvalue weighted by Crippen LogP contribution is 2.40. The summed E-state index contributed by atoms with van der Waals surface area (Å²) >= 11 is 0. The van der Waals surface area contributed by atoms with E-state index in [1.54, 1.807) is 10.9 Å². The van der Waals surface area contributed by atoms with Gasteiger partial charge in [-0.25, -0.2) is 18.4 Å². The molecule has 26 heavy (non-hydrogen) atoms. The lowest BCUT2D eigenvalue weighted by molar-refractivity contribution is -0.0935. The summed E-state index contributed by atoms with van der Waals surface area (Å²) in [6.45, 7) is 5.71. The van der Waals surface area contributed by atoms with Gasteiger partial charge in [0.15, 0.2) is 0 Å². The highest BCUT2D eigenvalue weighted by atomic mass is 32.2. The van der Waals surface area contributed by atoms with Crippen molar-refractivity contribution in [1.29, 1.82) is 0 Å². The average molecular weight is 377 g/mol. The molecule has 2 aromatic rings. The van der Waals surface area contributed by atoms with Crippen molar-refractivity contribution >= 4 is 10.0 Å². The molecule has 2 aromatic heterocycles. The number of aryl methyl sites for hydroxylation is 2. The van der Waals surface area contributed by atoms with Crippen molar-refractivity contribution < 1.29 is 13.2 Å². The van der Waals surface area contributed by atoms with Crippen molar-refractivity contribution in [3.8, 4) is 0 Å². The average Bonchev–Trinajstić information content (AvgIpc) is 3.13. The van der Waals surface area contributed by atoms with Gasteiger partial charge in [0.1, 0.15) is 16.3 Å². The molecule has 0 radical (unpaired) electrons. The van der Waals surface area contributed by atoms with Gasteiger partial charge in [-0.2, -0.15) is 9.40 Å². The van der Waals surface area contributed by atoms with Crippen molar-refractivity contribution in [3.63, 3.8) is 0 Å². The summed E-state index contributed by atoms with van der Waals surface area (Å²) in [5, 5.41) is 4.11. The summed E-state index contributed by atoms with van der Waals surface area (Å²) < 4.78 is 35.5. The molecule has 1 unspecified atom stereocenters. The molecule has 1 saturated heterocycles. The van der Waals surface area contributed by atoms with E-state index in [0.717, 1.165) is 30.5 Å². The summed E-state index contributed by atoms with van der Waals surface area (Å²) in [6, 6.07) is 0. The predicted octanol–water partition coefficient (Wildman–Crippen LogP) is 1.25. The van der Waals surface area contributed by atoms with E-state index in [1.807, 2.05) is 20.0 Å². The van der Waals surface area contributed by atoms with Crippen LogP contribution >= 0.6 is 0 Å². The van der Waals surface area contributed by atoms with Crippen LogP contribution in [0, 0.1) is 6.92 Å². The minimum atomic E-state index is -3.61. The van der Waals surface area contributed by atoms with Crippen LogP contribution in [0.1, 0.15) is 36.8 Å². The third-order valence-electron chi connectivity index (χ3n) is 5.16. The predicted molar refractivity (Wildman–Crippen MR) is 94.0 cm³/mol. The van der Waals surface area contributed by atoms with E-state index in [0.29, 0.717) is 25.5 Å². The number of aromatic nitrogens is 4. The molecule has 0 aromatic carbocycles. The Hall–Kier alpha value is -1.84. The molecular weight excluding hydrogens is 354 g/mol. The Morgan fingerprint density at radius 2 is 2.19 bits per heavy atom. The summed E-state index contributed by atoms with van der Waals surface area (Å²) in [5.74, 6) is 0.679. The Labute approximate surface area is 153 Å². The van der Waals surface area contributed by atoms with Crippen molar-refractivity contribution in [2.75, 3.05) is 19.7 Å². The minimum Gasteiger partial charge on any atom is -0.367 e. The second-order valence-electron chi connectivity index (χ2n) is 6.86. The second kappa shape index (κ2) is 6.40. The van der Waals surface area contributed by atoms with Crippen LogP contribution in [-0.2, 0) is 33.3 Å². The zero-order valence-electron chi connectivity index (χ0n) is 15.1. The highest BCUT2D eigenvalue weighted by molar-refractivity contribution is 7.89. The fraction of sp³-hybridized carbons (Fsp3) is 0.588. The van der Waals surface area contributed by atoms with Crippen molar-refractivity contribution in [3.05, 3.63) is 35.7 Å². The molecule has 4 heterocycles. The van der Waals surface area contributed by atoms with Crippen LogP contribution in [0.5, 0.6) is 0 Å². The van der Waals surface area contributed by atoms with Gasteiger partial charge in [0.2, 0.25) is 10.0 Å². The number of nitrogens with zero attached hydrogens (tertiary/aromatic N) is 5. The summed E-state index contributed by atoms with van der Waals surface area (Å²) in [7, 11) is -3.61. The van der Waals surface area contributed by atoms with Gasteiger partial charge in [-0.05, 0) is 38.7 Å². The fourth-order valence-corrected chi connectivity index (χ4v) is 5.28. The molecule has 0 bridgehead atoms. The zero-order chi connectivity index (χ0) is 18.4. The molecule has 4 rings (SSSR count). The van der Waals surface area contributed by atoms with Gasteiger partial charge >= 0.3 is 0 Å².